The van der Waals surface area contributed by atoms with Crippen molar-refractivity contribution in [2.45, 2.75) is 26.2 Å². The molecule has 0 radical (unpaired) electrons. The van der Waals surface area contributed by atoms with Crippen LogP contribution in [0, 0.1) is 11.8 Å². The van der Waals surface area contributed by atoms with Crippen LogP contribution < -0.4 is 16.1 Å². The molecule has 5 rings (SSSR count). The molecule has 3 aliphatic rings. The third kappa shape index (κ3) is 1.39. The Morgan fingerprint density at radius 2 is 2.21 bits per heavy atom. The van der Waals surface area contributed by atoms with E-state index in [0.29, 0.717) is 22.6 Å². The lowest BCUT2D eigenvalue weighted by Gasteiger charge is -1.95. The van der Waals surface area contributed by atoms with Crippen molar-refractivity contribution >= 4 is 23.3 Å². The van der Waals surface area contributed by atoms with Crippen molar-refractivity contribution in [3.05, 3.63) is 18.1 Å². The van der Waals surface area contributed by atoms with E-state index in [-0.39, 0.29) is 0 Å². The third-order valence-electron chi connectivity index (χ3n) is 3.40. The summed E-state index contributed by atoms with van der Waals surface area (Å²) in [5.74, 6) is 6.72. The minimum atomic E-state index is -2.17. The number of furan rings is 1. The Kier molecular flexibility index (Phi) is 2.08. The number of aromatic nitrogens is 2. The smallest absolute Gasteiger partial charge is 0.214 e. The third-order valence-corrected chi connectivity index (χ3v) is 5.95. The molecule has 0 fully saturated rings. The summed E-state index contributed by atoms with van der Waals surface area (Å²) in [7, 11) is -2.17. The van der Waals surface area contributed by atoms with Crippen molar-refractivity contribution in [3.8, 4) is 23.3 Å². The van der Waals surface area contributed by atoms with Crippen LogP contribution in [0.2, 0.25) is 0 Å². The van der Waals surface area contributed by atoms with Crippen LogP contribution in [0.15, 0.2) is 16.8 Å². The van der Waals surface area contributed by atoms with Gasteiger partial charge in [-0.2, -0.15) is 0 Å². The lowest BCUT2D eigenvalue weighted by Crippen LogP contribution is -1.98. The summed E-state index contributed by atoms with van der Waals surface area (Å²) in [6, 6.07) is 0. The van der Waals surface area contributed by atoms with Gasteiger partial charge < -0.3 is 8.98 Å². The number of hydrogen-bond acceptors (Lipinski definition) is 4. The molecule has 94 valence electrons. The molecular weight excluding hydrogens is 259 g/mol. The first-order valence-corrected chi connectivity index (χ1v) is 8.07. The second-order valence-corrected chi connectivity index (χ2v) is 7.26. The Morgan fingerprint density at radius 1 is 1.37 bits per heavy atom. The number of rotatable bonds is 3. The van der Waals surface area contributed by atoms with Crippen LogP contribution in [-0.2, 0) is 4.57 Å². The maximum Gasteiger partial charge on any atom is 0.214 e. The molecule has 0 aliphatic carbocycles. The van der Waals surface area contributed by atoms with Crippen LogP contribution in [-0.4, -0.2) is 9.97 Å². The summed E-state index contributed by atoms with van der Waals surface area (Å²) >= 11 is 0. The van der Waals surface area contributed by atoms with Crippen molar-refractivity contribution in [2.24, 2.45) is 0 Å². The first-order chi connectivity index (χ1) is 9.26. The zero-order chi connectivity index (χ0) is 13.0. The summed E-state index contributed by atoms with van der Waals surface area (Å²) in [5.41, 5.74) is 1.97. The van der Waals surface area contributed by atoms with E-state index in [1.165, 1.54) is 0 Å². The minimum absolute atomic E-state index is 0.637. The van der Waals surface area contributed by atoms with Crippen molar-refractivity contribution in [1.29, 1.82) is 0 Å². The molecule has 2 aromatic rings. The zero-order valence-electron chi connectivity index (χ0n) is 10.4. The molecule has 0 amide bonds. The summed E-state index contributed by atoms with van der Waals surface area (Å²) < 4.78 is 17.4. The number of nitrogens with zero attached hydrogens (tertiary/aromatic N) is 2. The highest BCUT2D eigenvalue weighted by molar-refractivity contribution is 8.06. The predicted molar refractivity (Wildman–Crippen MR) is 72.6 cm³/mol. The quantitative estimate of drug-likeness (QED) is 0.322. The second kappa shape index (κ2) is 3.59. The number of hydrogen-bond donors (Lipinski definition) is 0. The minimum Gasteiger partial charge on any atom is -0.449 e. The number of fused-ring (bicyclic) bond motifs is 1. The molecule has 0 N–H and O–H groups in total. The Labute approximate surface area is 110 Å². The zero-order valence-corrected chi connectivity index (χ0v) is 11.3. The molecule has 0 saturated heterocycles. The van der Waals surface area contributed by atoms with Gasteiger partial charge in [-0.3, -0.25) is 4.98 Å². The summed E-state index contributed by atoms with van der Waals surface area (Å²) in [6.45, 7) is 2.14. The van der Waals surface area contributed by atoms with Gasteiger partial charge in [-0.1, -0.05) is 19.3 Å². The van der Waals surface area contributed by atoms with Gasteiger partial charge in [0.05, 0.1) is 23.0 Å². The van der Waals surface area contributed by atoms with Crippen LogP contribution in [0.25, 0.3) is 11.5 Å². The lowest BCUT2D eigenvalue weighted by molar-refractivity contribution is 0.590. The Bertz CT molecular complexity index is 802. The fourth-order valence-corrected chi connectivity index (χ4v) is 4.72. The molecule has 2 bridgehead atoms. The fraction of sp³-hybridized carbons (Fsp3) is 0.286. The standard InChI is InChI=1S/C14H11N2O2P/c1-2-3-4-5-6-9-7-15-8-10(16-9)11-12-13-14(18-11)19(12,13)17/h7-8H,2-4H2,1H3. The predicted octanol–water partition coefficient (Wildman–Crippen LogP) is 1.54. The first-order valence-electron chi connectivity index (χ1n) is 6.36. The summed E-state index contributed by atoms with van der Waals surface area (Å²) in [4.78, 5) is 8.53. The first kappa shape index (κ1) is 11.0. The Hall–Kier alpha value is -1.85. The largest absolute Gasteiger partial charge is 0.449 e. The average molecular weight is 270 g/mol. The van der Waals surface area contributed by atoms with E-state index in [1.807, 2.05) is 0 Å². The maximum atomic E-state index is 11.9. The van der Waals surface area contributed by atoms with Gasteiger partial charge >= 0.3 is 0 Å². The van der Waals surface area contributed by atoms with E-state index in [2.05, 4.69) is 28.7 Å². The number of unbranched alkanes of at least 4 members (excludes halogenated alkanes) is 2. The van der Waals surface area contributed by atoms with Crippen molar-refractivity contribution < 1.29 is 8.98 Å². The van der Waals surface area contributed by atoms with Gasteiger partial charge in [-0.05, 0) is 12.3 Å². The van der Waals surface area contributed by atoms with E-state index in [4.69, 9.17) is 4.42 Å². The van der Waals surface area contributed by atoms with Crippen LogP contribution in [0.3, 0.4) is 0 Å². The van der Waals surface area contributed by atoms with Gasteiger partial charge in [0.15, 0.2) is 11.3 Å². The van der Waals surface area contributed by atoms with E-state index >= 15 is 0 Å². The molecule has 1 unspecified atom stereocenters. The summed E-state index contributed by atoms with van der Waals surface area (Å²) in [6.07, 6.45) is 6.38. The van der Waals surface area contributed by atoms with E-state index in [9.17, 15) is 4.57 Å². The van der Waals surface area contributed by atoms with Crippen molar-refractivity contribution in [2.75, 3.05) is 0 Å². The van der Waals surface area contributed by atoms with Crippen molar-refractivity contribution in [3.63, 3.8) is 0 Å². The Balaban J connectivity index is 1.61. The van der Waals surface area contributed by atoms with Gasteiger partial charge in [0, 0.05) is 6.42 Å². The van der Waals surface area contributed by atoms with Crippen LogP contribution >= 0.6 is 7.14 Å². The molecule has 1 atom stereocenters. The van der Waals surface area contributed by atoms with E-state index in [1.54, 1.807) is 12.4 Å². The SMILES string of the molecule is CCCCC#Cc1cncc(-c2oc3c4c2P34=O)n1. The topological polar surface area (TPSA) is 56.0 Å². The molecule has 5 heteroatoms. The molecule has 19 heavy (non-hydrogen) atoms. The molecule has 5 heterocycles. The average Bonchev–Trinajstić information content (AvgIpc) is 3.06. The summed E-state index contributed by atoms with van der Waals surface area (Å²) in [5, 5.41) is 1.83. The van der Waals surface area contributed by atoms with Crippen LogP contribution in [0.5, 0.6) is 0 Å². The molecule has 0 saturated carbocycles. The van der Waals surface area contributed by atoms with Gasteiger partial charge in [0.25, 0.3) is 0 Å². The van der Waals surface area contributed by atoms with Gasteiger partial charge in [-0.25, -0.2) is 4.98 Å². The molecule has 4 nitrogen and oxygen atoms in total. The lowest BCUT2D eigenvalue weighted by atomic mass is 10.2. The Morgan fingerprint density at radius 3 is 2.89 bits per heavy atom. The molecule has 0 aromatic carbocycles. The van der Waals surface area contributed by atoms with Crippen molar-refractivity contribution in [1.82, 2.24) is 9.97 Å². The molecule has 3 aliphatic heterocycles. The van der Waals surface area contributed by atoms with E-state index in [0.717, 1.165) is 29.9 Å². The monoisotopic (exact) mass is 270 g/mol. The highest BCUT2D eigenvalue weighted by Crippen LogP contribution is 2.70. The second-order valence-electron chi connectivity index (χ2n) is 4.74. The maximum absolute atomic E-state index is 11.9. The molecule has 0 spiro atoms. The van der Waals surface area contributed by atoms with Gasteiger partial charge in [0.2, 0.25) is 7.14 Å². The molecule has 2 aromatic heterocycles. The van der Waals surface area contributed by atoms with E-state index < -0.39 is 7.14 Å². The normalized spacial score (nSPS) is 20.5. The highest BCUT2D eigenvalue weighted by atomic mass is 31.2. The van der Waals surface area contributed by atoms with Crippen LogP contribution in [0.1, 0.15) is 31.9 Å². The fourth-order valence-electron chi connectivity index (χ4n) is 2.23. The van der Waals surface area contributed by atoms with Gasteiger partial charge in [-0.15, -0.1) is 0 Å². The molecular formula is C14H11N2O2P. The van der Waals surface area contributed by atoms with Crippen LogP contribution in [0.4, 0.5) is 0 Å². The highest BCUT2D eigenvalue weighted by Gasteiger charge is 2.74. The van der Waals surface area contributed by atoms with Gasteiger partial charge in [0.1, 0.15) is 11.4 Å².